The maximum Gasteiger partial charge on any atom is 0.213 e. The smallest absolute Gasteiger partial charge is 0.213 e. The summed E-state index contributed by atoms with van der Waals surface area (Å²) < 4.78 is 26.5. The van der Waals surface area contributed by atoms with Crippen LogP contribution >= 0.6 is 0 Å². The van der Waals surface area contributed by atoms with Crippen LogP contribution in [-0.2, 0) is 10.0 Å². The molecule has 1 aliphatic heterocycles. The molecular formula is C11H25N3O2S. The molecule has 0 radical (unpaired) electrons. The molecule has 5 nitrogen and oxygen atoms in total. The summed E-state index contributed by atoms with van der Waals surface area (Å²) >= 11 is 0. The number of piperidine rings is 1. The fourth-order valence-corrected chi connectivity index (χ4v) is 3.54. The lowest BCUT2D eigenvalue weighted by Crippen LogP contribution is -2.49. The largest absolute Gasteiger partial charge is 0.316 e. The molecule has 0 saturated carbocycles. The van der Waals surface area contributed by atoms with Crippen LogP contribution in [0, 0.1) is 5.92 Å². The van der Waals surface area contributed by atoms with Crippen molar-refractivity contribution in [3.63, 3.8) is 0 Å². The Hall–Kier alpha value is -0.170. The average Bonchev–Trinajstić information content (AvgIpc) is 2.22. The van der Waals surface area contributed by atoms with Crippen LogP contribution in [0.3, 0.4) is 0 Å². The van der Waals surface area contributed by atoms with Crippen molar-refractivity contribution in [1.82, 2.24) is 14.9 Å². The van der Waals surface area contributed by atoms with Crippen LogP contribution < -0.4 is 10.0 Å². The fraction of sp³-hybridized carbons (Fsp3) is 1.00. The van der Waals surface area contributed by atoms with Crippen LogP contribution in [0.25, 0.3) is 0 Å². The van der Waals surface area contributed by atoms with Gasteiger partial charge in [0.1, 0.15) is 0 Å². The van der Waals surface area contributed by atoms with Gasteiger partial charge in [0.05, 0.1) is 5.75 Å². The van der Waals surface area contributed by atoms with Gasteiger partial charge in [0.25, 0.3) is 0 Å². The first-order chi connectivity index (χ1) is 7.94. The molecule has 1 saturated heterocycles. The molecule has 0 amide bonds. The van der Waals surface area contributed by atoms with Crippen molar-refractivity contribution in [1.29, 1.82) is 0 Å². The van der Waals surface area contributed by atoms with Gasteiger partial charge in [-0.2, -0.15) is 0 Å². The molecule has 2 N–H and O–H groups in total. The summed E-state index contributed by atoms with van der Waals surface area (Å²) in [7, 11) is -1.06. The van der Waals surface area contributed by atoms with Gasteiger partial charge in [-0.15, -0.1) is 0 Å². The van der Waals surface area contributed by atoms with Crippen molar-refractivity contribution in [2.45, 2.75) is 26.3 Å². The molecule has 1 rings (SSSR count). The highest BCUT2D eigenvalue weighted by Gasteiger charge is 2.27. The lowest BCUT2D eigenvalue weighted by molar-refractivity contribution is 0.188. The topological polar surface area (TPSA) is 61.4 Å². The Bertz CT molecular complexity index is 319. The SMILES string of the molecule is CCNCCS(=O)(=O)NC1CCN(C)CC1C. The third kappa shape index (κ3) is 5.33. The first-order valence-electron chi connectivity index (χ1n) is 6.34. The van der Waals surface area contributed by atoms with Crippen LogP contribution in [-0.4, -0.2) is 58.3 Å². The van der Waals surface area contributed by atoms with Crippen molar-refractivity contribution < 1.29 is 8.42 Å². The van der Waals surface area contributed by atoms with Gasteiger partial charge in [-0.25, -0.2) is 13.1 Å². The lowest BCUT2D eigenvalue weighted by atomic mass is 9.95. The molecule has 2 atom stereocenters. The summed E-state index contributed by atoms with van der Waals surface area (Å²) in [5.41, 5.74) is 0. The second-order valence-corrected chi connectivity index (χ2v) is 6.80. The first kappa shape index (κ1) is 14.9. The number of nitrogens with zero attached hydrogens (tertiary/aromatic N) is 1. The zero-order chi connectivity index (χ0) is 12.9. The summed E-state index contributed by atoms with van der Waals surface area (Å²) in [6.07, 6.45) is 0.901. The average molecular weight is 263 g/mol. The molecule has 0 aromatic rings. The van der Waals surface area contributed by atoms with E-state index in [9.17, 15) is 8.42 Å². The van der Waals surface area contributed by atoms with Crippen LogP contribution in [0.4, 0.5) is 0 Å². The Labute approximate surface area is 105 Å². The minimum absolute atomic E-state index is 0.0952. The third-order valence-electron chi connectivity index (χ3n) is 3.24. The minimum Gasteiger partial charge on any atom is -0.316 e. The summed E-state index contributed by atoms with van der Waals surface area (Å²) in [6.45, 7) is 7.32. The molecule has 17 heavy (non-hydrogen) atoms. The summed E-state index contributed by atoms with van der Waals surface area (Å²) in [4.78, 5) is 2.24. The number of likely N-dealkylation sites (tertiary alicyclic amines) is 1. The number of hydrogen-bond acceptors (Lipinski definition) is 4. The van der Waals surface area contributed by atoms with E-state index in [2.05, 4.69) is 28.9 Å². The first-order valence-corrected chi connectivity index (χ1v) is 7.99. The van der Waals surface area contributed by atoms with E-state index < -0.39 is 10.0 Å². The molecule has 1 heterocycles. The van der Waals surface area contributed by atoms with Crippen LogP contribution in [0.2, 0.25) is 0 Å². The number of sulfonamides is 1. The fourth-order valence-electron chi connectivity index (χ4n) is 2.20. The number of rotatable bonds is 6. The molecular weight excluding hydrogens is 238 g/mol. The zero-order valence-electron chi connectivity index (χ0n) is 11.1. The molecule has 1 fully saturated rings. The molecule has 0 aliphatic carbocycles. The third-order valence-corrected chi connectivity index (χ3v) is 4.64. The van der Waals surface area contributed by atoms with E-state index in [-0.39, 0.29) is 11.8 Å². The van der Waals surface area contributed by atoms with E-state index in [1.807, 2.05) is 6.92 Å². The second kappa shape index (κ2) is 6.68. The molecule has 0 bridgehead atoms. The van der Waals surface area contributed by atoms with Crippen molar-refractivity contribution in [2.24, 2.45) is 5.92 Å². The van der Waals surface area contributed by atoms with E-state index >= 15 is 0 Å². The van der Waals surface area contributed by atoms with E-state index in [0.29, 0.717) is 12.5 Å². The molecule has 0 aromatic heterocycles. The van der Waals surface area contributed by atoms with Crippen molar-refractivity contribution in [3.05, 3.63) is 0 Å². The van der Waals surface area contributed by atoms with Crippen LogP contribution in [0.5, 0.6) is 0 Å². The lowest BCUT2D eigenvalue weighted by Gasteiger charge is -2.34. The Morgan fingerprint density at radius 3 is 2.71 bits per heavy atom. The van der Waals surface area contributed by atoms with Gasteiger partial charge in [0.2, 0.25) is 10.0 Å². The molecule has 102 valence electrons. The van der Waals surface area contributed by atoms with Gasteiger partial charge in [0, 0.05) is 19.1 Å². The number of nitrogens with one attached hydrogen (secondary N) is 2. The van der Waals surface area contributed by atoms with Gasteiger partial charge < -0.3 is 10.2 Å². The van der Waals surface area contributed by atoms with E-state index in [1.54, 1.807) is 0 Å². The highest BCUT2D eigenvalue weighted by molar-refractivity contribution is 7.89. The summed E-state index contributed by atoms with van der Waals surface area (Å²) in [5.74, 6) is 0.544. The Balaban J connectivity index is 2.41. The minimum atomic E-state index is -3.13. The maximum absolute atomic E-state index is 11.8. The Morgan fingerprint density at radius 2 is 2.12 bits per heavy atom. The van der Waals surface area contributed by atoms with Gasteiger partial charge in [-0.05, 0) is 32.5 Å². The number of hydrogen-bond donors (Lipinski definition) is 2. The van der Waals surface area contributed by atoms with E-state index in [0.717, 1.165) is 26.1 Å². The van der Waals surface area contributed by atoms with Crippen molar-refractivity contribution in [3.8, 4) is 0 Å². The molecule has 1 aliphatic rings. The summed E-state index contributed by atoms with van der Waals surface area (Å²) in [5, 5.41) is 3.03. The molecule has 6 heteroatoms. The molecule has 0 aromatic carbocycles. The highest BCUT2D eigenvalue weighted by Crippen LogP contribution is 2.16. The van der Waals surface area contributed by atoms with E-state index in [1.165, 1.54) is 0 Å². The predicted octanol–water partition coefficient (Wildman–Crippen LogP) is -0.144. The summed E-state index contributed by atoms with van der Waals surface area (Å²) in [6, 6.07) is 0.0952. The van der Waals surface area contributed by atoms with Crippen molar-refractivity contribution >= 4 is 10.0 Å². The quantitative estimate of drug-likeness (QED) is 0.655. The van der Waals surface area contributed by atoms with Crippen LogP contribution in [0.15, 0.2) is 0 Å². The second-order valence-electron chi connectivity index (χ2n) is 4.92. The molecule has 2 unspecified atom stereocenters. The maximum atomic E-state index is 11.8. The van der Waals surface area contributed by atoms with Gasteiger partial charge in [-0.1, -0.05) is 13.8 Å². The monoisotopic (exact) mass is 263 g/mol. The Morgan fingerprint density at radius 1 is 1.41 bits per heavy atom. The van der Waals surface area contributed by atoms with Crippen molar-refractivity contribution in [2.75, 3.05) is 39.0 Å². The normalized spacial score (nSPS) is 27.2. The van der Waals surface area contributed by atoms with Gasteiger partial charge in [-0.3, -0.25) is 0 Å². The van der Waals surface area contributed by atoms with E-state index in [4.69, 9.17) is 0 Å². The standard InChI is InChI=1S/C11H25N3O2S/c1-4-12-6-8-17(15,16)13-11-5-7-14(3)9-10(11)2/h10-13H,4-9H2,1-3H3. The highest BCUT2D eigenvalue weighted by atomic mass is 32.2. The van der Waals surface area contributed by atoms with Gasteiger partial charge >= 0.3 is 0 Å². The molecule has 0 spiro atoms. The predicted molar refractivity (Wildman–Crippen MR) is 70.5 cm³/mol. The zero-order valence-corrected chi connectivity index (χ0v) is 11.9. The Kier molecular flexibility index (Phi) is 5.85. The van der Waals surface area contributed by atoms with Gasteiger partial charge in [0.15, 0.2) is 0 Å². The van der Waals surface area contributed by atoms with Crippen LogP contribution in [0.1, 0.15) is 20.3 Å².